The van der Waals surface area contributed by atoms with Crippen LogP contribution in [0, 0.1) is 25.6 Å². The molecule has 4 rings (SSSR count). The SMILES string of the molecule is Cc1nn(C)c(C)c1[C@@H]1CCCN1C(=O)[C@@H]1C[C@@H]1c1cccc(F)c1. The predicted octanol–water partition coefficient (Wildman–Crippen LogP) is 3.64. The highest BCUT2D eigenvalue weighted by Gasteiger charge is 2.48. The lowest BCUT2D eigenvalue weighted by Crippen LogP contribution is -2.32. The highest BCUT2D eigenvalue weighted by molar-refractivity contribution is 5.83. The quantitative estimate of drug-likeness (QED) is 0.855. The minimum absolute atomic E-state index is 0.000293. The topological polar surface area (TPSA) is 38.1 Å². The van der Waals surface area contributed by atoms with E-state index in [-0.39, 0.29) is 29.6 Å². The average molecular weight is 341 g/mol. The molecule has 1 amide bonds. The molecule has 25 heavy (non-hydrogen) atoms. The summed E-state index contributed by atoms with van der Waals surface area (Å²) in [7, 11) is 1.95. The lowest BCUT2D eigenvalue weighted by molar-refractivity contribution is -0.133. The first kappa shape index (κ1) is 16.3. The van der Waals surface area contributed by atoms with Crippen molar-refractivity contribution < 1.29 is 9.18 Å². The van der Waals surface area contributed by atoms with Crippen molar-refractivity contribution in [1.82, 2.24) is 14.7 Å². The Kier molecular flexibility index (Phi) is 3.89. The van der Waals surface area contributed by atoms with Crippen molar-refractivity contribution in [2.24, 2.45) is 13.0 Å². The molecule has 1 saturated heterocycles. The van der Waals surface area contributed by atoms with Crippen molar-refractivity contribution in [3.63, 3.8) is 0 Å². The standard InChI is InChI=1S/C20H24FN3O/c1-12-19(13(2)23(3)22-12)18-8-5-9-24(18)20(25)17-11-16(17)14-6-4-7-15(21)10-14/h4,6-7,10,16-18H,5,8-9,11H2,1-3H3/t16-,17-,18+/m1/s1. The fourth-order valence-electron chi connectivity index (χ4n) is 4.39. The van der Waals surface area contributed by atoms with Crippen LogP contribution in [0.5, 0.6) is 0 Å². The zero-order valence-corrected chi connectivity index (χ0v) is 15.0. The Labute approximate surface area is 147 Å². The van der Waals surface area contributed by atoms with E-state index in [9.17, 15) is 9.18 Å². The summed E-state index contributed by atoms with van der Waals surface area (Å²) in [4.78, 5) is 15.1. The Balaban J connectivity index is 1.54. The van der Waals surface area contributed by atoms with Gasteiger partial charge in [-0.1, -0.05) is 12.1 Å². The third-order valence-electron chi connectivity index (χ3n) is 5.82. The van der Waals surface area contributed by atoms with Gasteiger partial charge in [0, 0.05) is 30.8 Å². The summed E-state index contributed by atoms with van der Waals surface area (Å²) in [5, 5.41) is 4.52. The lowest BCUT2D eigenvalue weighted by atomic mass is 10.0. The average Bonchev–Trinajstić information content (AvgIpc) is 3.17. The minimum Gasteiger partial charge on any atom is -0.335 e. The van der Waals surface area contributed by atoms with Gasteiger partial charge in [-0.3, -0.25) is 9.48 Å². The van der Waals surface area contributed by atoms with Crippen LogP contribution in [-0.2, 0) is 11.8 Å². The number of hydrogen-bond donors (Lipinski definition) is 0. The van der Waals surface area contributed by atoms with Crippen LogP contribution in [0.4, 0.5) is 4.39 Å². The molecule has 0 bridgehead atoms. The summed E-state index contributed by atoms with van der Waals surface area (Å²) in [5.74, 6) is 0.163. The molecule has 0 N–H and O–H groups in total. The number of amides is 1. The molecule has 0 radical (unpaired) electrons. The molecule has 3 atom stereocenters. The Morgan fingerprint density at radius 3 is 2.80 bits per heavy atom. The maximum atomic E-state index is 13.5. The lowest BCUT2D eigenvalue weighted by Gasteiger charge is -2.25. The molecule has 2 aromatic rings. The van der Waals surface area contributed by atoms with Gasteiger partial charge in [0.1, 0.15) is 5.82 Å². The monoisotopic (exact) mass is 341 g/mol. The van der Waals surface area contributed by atoms with Gasteiger partial charge in [0.25, 0.3) is 0 Å². The molecular weight excluding hydrogens is 317 g/mol. The van der Waals surface area contributed by atoms with Crippen molar-refractivity contribution in [1.29, 1.82) is 0 Å². The fraction of sp³-hybridized carbons (Fsp3) is 0.500. The van der Waals surface area contributed by atoms with Gasteiger partial charge in [0.05, 0.1) is 11.7 Å². The first-order valence-corrected chi connectivity index (χ1v) is 9.03. The van der Waals surface area contributed by atoms with E-state index in [0.717, 1.165) is 42.8 Å². The van der Waals surface area contributed by atoms with Gasteiger partial charge in [-0.2, -0.15) is 5.10 Å². The second kappa shape index (κ2) is 5.97. The Bertz CT molecular complexity index is 828. The Morgan fingerprint density at radius 1 is 1.32 bits per heavy atom. The van der Waals surface area contributed by atoms with Crippen LogP contribution in [0.2, 0.25) is 0 Å². The van der Waals surface area contributed by atoms with Gasteiger partial charge >= 0.3 is 0 Å². The van der Waals surface area contributed by atoms with Crippen molar-refractivity contribution >= 4 is 5.91 Å². The molecule has 1 aliphatic heterocycles. The van der Waals surface area contributed by atoms with Crippen LogP contribution in [-0.4, -0.2) is 27.1 Å². The molecule has 2 fully saturated rings. The van der Waals surface area contributed by atoms with Gasteiger partial charge in [0.15, 0.2) is 0 Å². The smallest absolute Gasteiger partial charge is 0.226 e. The summed E-state index contributed by atoms with van der Waals surface area (Å²) < 4.78 is 15.4. The van der Waals surface area contributed by atoms with Crippen molar-refractivity contribution in [2.45, 2.75) is 45.1 Å². The van der Waals surface area contributed by atoms with Crippen LogP contribution >= 0.6 is 0 Å². The van der Waals surface area contributed by atoms with Crippen LogP contribution in [0.3, 0.4) is 0 Å². The van der Waals surface area contributed by atoms with E-state index in [1.54, 1.807) is 12.1 Å². The number of halogens is 1. The summed E-state index contributed by atoms with van der Waals surface area (Å²) >= 11 is 0. The third kappa shape index (κ3) is 2.75. The highest BCUT2D eigenvalue weighted by atomic mass is 19.1. The number of nitrogens with zero attached hydrogens (tertiary/aromatic N) is 3. The second-order valence-electron chi connectivity index (χ2n) is 7.40. The number of benzene rings is 1. The molecule has 2 heterocycles. The van der Waals surface area contributed by atoms with Crippen LogP contribution in [0.1, 0.15) is 53.7 Å². The summed E-state index contributed by atoms with van der Waals surface area (Å²) in [6.45, 7) is 4.91. The van der Waals surface area contributed by atoms with E-state index in [2.05, 4.69) is 12.0 Å². The molecule has 0 unspecified atom stereocenters. The minimum atomic E-state index is -0.226. The molecule has 1 aliphatic carbocycles. The highest BCUT2D eigenvalue weighted by Crippen LogP contribution is 2.50. The van der Waals surface area contributed by atoms with Gasteiger partial charge in [-0.15, -0.1) is 0 Å². The molecule has 0 spiro atoms. The predicted molar refractivity (Wildman–Crippen MR) is 93.6 cm³/mol. The number of rotatable bonds is 3. The summed E-state index contributed by atoms with van der Waals surface area (Å²) in [6.07, 6.45) is 2.86. The van der Waals surface area contributed by atoms with E-state index >= 15 is 0 Å². The first-order valence-electron chi connectivity index (χ1n) is 9.03. The molecule has 1 aromatic carbocycles. The molecule has 2 aliphatic rings. The number of hydrogen-bond acceptors (Lipinski definition) is 2. The Hall–Kier alpha value is -2.17. The number of carbonyl (C=O) groups is 1. The maximum Gasteiger partial charge on any atom is 0.226 e. The van der Waals surface area contributed by atoms with Gasteiger partial charge < -0.3 is 4.90 Å². The van der Waals surface area contributed by atoms with Gasteiger partial charge in [-0.05, 0) is 56.7 Å². The zero-order valence-electron chi connectivity index (χ0n) is 15.0. The van der Waals surface area contributed by atoms with E-state index < -0.39 is 0 Å². The molecule has 4 nitrogen and oxygen atoms in total. The molecule has 1 saturated carbocycles. The third-order valence-corrected chi connectivity index (χ3v) is 5.82. The molecule has 132 valence electrons. The van der Waals surface area contributed by atoms with Crippen LogP contribution < -0.4 is 0 Å². The van der Waals surface area contributed by atoms with Gasteiger partial charge in [0.2, 0.25) is 5.91 Å². The maximum absolute atomic E-state index is 13.5. The zero-order chi connectivity index (χ0) is 17.7. The summed E-state index contributed by atoms with van der Waals surface area (Å²) in [6, 6.07) is 6.81. The van der Waals surface area contributed by atoms with Crippen molar-refractivity contribution in [3.8, 4) is 0 Å². The van der Waals surface area contributed by atoms with E-state index in [1.165, 1.54) is 11.6 Å². The summed E-state index contributed by atoms with van der Waals surface area (Å²) in [5.41, 5.74) is 4.31. The van der Waals surface area contributed by atoms with Crippen LogP contribution in [0.15, 0.2) is 24.3 Å². The van der Waals surface area contributed by atoms with Crippen molar-refractivity contribution in [2.75, 3.05) is 6.54 Å². The second-order valence-corrected chi connectivity index (χ2v) is 7.40. The number of likely N-dealkylation sites (tertiary alicyclic amines) is 1. The number of carbonyl (C=O) groups excluding carboxylic acids is 1. The fourth-order valence-corrected chi connectivity index (χ4v) is 4.39. The molecule has 1 aromatic heterocycles. The van der Waals surface area contributed by atoms with Gasteiger partial charge in [-0.25, -0.2) is 4.39 Å². The van der Waals surface area contributed by atoms with E-state index in [1.807, 2.05) is 29.6 Å². The van der Waals surface area contributed by atoms with Crippen LogP contribution in [0.25, 0.3) is 0 Å². The number of aromatic nitrogens is 2. The number of aryl methyl sites for hydroxylation is 2. The largest absolute Gasteiger partial charge is 0.335 e. The molecular formula is C20H24FN3O. The normalized spacial score (nSPS) is 25.4. The first-order chi connectivity index (χ1) is 12.0. The van der Waals surface area contributed by atoms with Crippen molar-refractivity contribution in [3.05, 3.63) is 52.6 Å². The molecule has 5 heteroatoms. The van der Waals surface area contributed by atoms with E-state index in [0.29, 0.717) is 0 Å². The Morgan fingerprint density at radius 2 is 2.12 bits per heavy atom. The van der Waals surface area contributed by atoms with E-state index in [4.69, 9.17) is 0 Å².